The second-order valence-electron chi connectivity index (χ2n) is 8.02. The normalized spacial score (nSPS) is 15.9. The molecule has 1 atom stereocenters. The lowest BCUT2D eigenvalue weighted by atomic mass is 9.99. The van der Waals surface area contributed by atoms with Crippen LogP contribution in [-0.4, -0.2) is 43.5 Å². The quantitative estimate of drug-likeness (QED) is 0.441. The van der Waals surface area contributed by atoms with Crippen LogP contribution in [-0.2, 0) is 4.74 Å². The van der Waals surface area contributed by atoms with Crippen LogP contribution in [0.25, 0.3) is 0 Å². The second kappa shape index (κ2) is 9.86. The average molecular weight is 483 g/mol. The molecule has 1 saturated heterocycles. The van der Waals surface area contributed by atoms with Crippen LogP contribution in [0.1, 0.15) is 37.9 Å². The highest BCUT2D eigenvalue weighted by atomic mass is 35.5. The maximum Gasteiger partial charge on any atom is 0.337 e. The van der Waals surface area contributed by atoms with Crippen molar-refractivity contribution in [1.82, 2.24) is 4.90 Å². The van der Waals surface area contributed by atoms with Gasteiger partial charge in [-0.3, -0.25) is 4.79 Å². The summed E-state index contributed by atoms with van der Waals surface area (Å²) in [6.07, 6.45) is 0. The molecule has 3 aromatic carbocycles. The Morgan fingerprint density at radius 1 is 0.909 bits per heavy atom. The summed E-state index contributed by atoms with van der Waals surface area (Å²) < 4.78 is 4.79. The summed E-state index contributed by atoms with van der Waals surface area (Å²) in [7, 11) is 1.32. The molecule has 0 spiro atoms. The second-order valence-corrected chi connectivity index (χ2v) is 8.89. The number of benzene rings is 3. The number of piperazine rings is 1. The van der Waals surface area contributed by atoms with Gasteiger partial charge in [0.15, 0.2) is 0 Å². The lowest BCUT2D eigenvalue weighted by Crippen LogP contribution is -2.50. The van der Waals surface area contributed by atoms with E-state index in [1.54, 1.807) is 24.3 Å². The predicted octanol–water partition coefficient (Wildman–Crippen LogP) is 5.79. The lowest BCUT2D eigenvalue weighted by Gasteiger charge is -2.43. The molecule has 1 aliphatic heterocycles. The van der Waals surface area contributed by atoms with Crippen molar-refractivity contribution < 1.29 is 14.3 Å². The molecule has 33 heavy (non-hydrogen) atoms. The summed E-state index contributed by atoms with van der Waals surface area (Å²) in [6, 6.07) is 20.2. The Kier molecular flexibility index (Phi) is 6.91. The molecular weight excluding hydrogens is 459 g/mol. The van der Waals surface area contributed by atoms with Gasteiger partial charge in [-0.1, -0.05) is 41.4 Å². The Bertz CT molecular complexity index is 1180. The summed E-state index contributed by atoms with van der Waals surface area (Å²) in [4.78, 5) is 29.4. The van der Waals surface area contributed by atoms with Gasteiger partial charge in [-0.05, 0) is 66.6 Å². The summed E-state index contributed by atoms with van der Waals surface area (Å²) in [5, 5.41) is 1.36. The molecule has 1 aliphatic rings. The van der Waals surface area contributed by atoms with E-state index in [1.165, 1.54) is 7.11 Å². The third-order valence-corrected chi connectivity index (χ3v) is 6.41. The van der Waals surface area contributed by atoms with Gasteiger partial charge in [0.25, 0.3) is 5.91 Å². The van der Waals surface area contributed by atoms with E-state index in [2.05, 4.69) is 4.90 Å². The van der Waals surface area contributed by atoms with Crippen molar-refractivity contribution in [3.05, 3.63) is 99.0 Å². The molecule has 7 heteroatoms. The van der Waals surface area contributed by atoms with Crippen LogP contribution in [0.5, 0.6) is 0 Å². The number of hydrogen-bond donors (Lipinski definition) is 0. The van der Waals surface area contributed by atoms with E-state index < -0.39 is 5.97 Å². The van der Waals surface area contributed by atoms with Gasteiger partial charge in [-0.2, -0.15) is 0 Å². The molecule has 0 N–H and O–H groups in total. The first-order valence-corrected chi connectivity index (χ1v) is 11.4. The molecule has 1 fully saturated rings. The van der Waals surface area contributed by atoms with Crippen molar-refractivity contribution >= 4 is 40.8 Å². The van der Waals surface area contributed by atoms with Crippen LogP contribution in [0.3, 0.4) is 0 Å². The number of anilines is 1. The minimum atomic E-state index is -0.466. The van der Waals surface area contributed by atoms with E-state index in [0.717, 1.165) is 16.8 Å². The fraction of sp³-hybridized carbons (Fsp3) is 0.231. The van der Waals surface area contributed by atoms with Crippen LogP contribution < -0.4 is 4.90 Å². The number of methoxy groups -OCH3 is 1. The summed E-state index contributed by atoms with van der Waals surface area (Å²) in [6.45, 7) is 3.73. The van der Waals surface area contributed by atoms with Crippen molar-refractivity contribution in [2.24, 2.45) is 0 Å². The van der Waals surface area contributed by atoms with E-state index in [-0.39, 0.29) is 11.9 Å². The fourth-order valence-corrected chi connectivity index (χ4v) is 4.60. The highest BCUT2D eigenvalue weighted by Crippen LogP contribution is 2.34. The summed E-state index contributed by atoms with van der Waals surface area (Å²) >= 11 is 12.3. The minimum absolute atomic E-state index is 0.0661. The van der Waals surface area contributed by atoms with E-state index in [4.69, 9.17) is 27.9 Å². The Morgan fingerprint density at radius 2 is 1.61 bits per heavy atom. The number of halogens is 2. The Labute approximate surface area is 203 Å². The molecule has 0 radical (unpaired) electrons. The maximum atomic E-state index is 13.4. The van der Waals surface area contributed by atoms with Crippen LogP contribution >= 0.6 is 23.2 Å². The van der Waals surface area contributed by atoms with Gasteiger partial charge in [0.2, 0.25) is 0 Å². The molecule has 1 amide bonds. The molecule has 3 aromatic rings. The monoisotopic (exact) mass is 482 g/mol. The number of aryl methyl sites for hydroxylation is 1. The highest BCUT2D eigenvalue weighted by molar-refractivity contribution is 6.31. The molecule has 0 bridgehead atoms. The predicted molar refractivity (Wildman–Crippen MR) is 131 cm³/mol. The average Bonchev–Trinajstić information content (AvgIpc) is 2.83. The molecule has 4 rings (SSSR count). The number of carbonyl (C=O) groups is 2. The van der Waals surface area contributed by atoms with E-state index in [0.29, 0.717) is 40.8 Å². The van der Waals surface area contributed by atoms with Crippen molar-refractivity contribution in [3.8, 4) is 0 Å². The van der Waals surface area contributed by atoms with Gasteiger partial charge in [0.1, 0.15) is 0 Å². The number of hydrogen-bond acceptors (Lipinski definition) is 4. The van der Waals surface area contributed by atoms with Gasteiger partial charge < -0.3 is 14.5 Å². The van der Waals surface area contributed by atoms with Gasteiger partial charge in [0.05, 0.1) is 18.7 Å². The van der Waals surface area contributed by atoms with Gasteiger partial charge in [-0.25, -0.2) is 4.79 Å². The minimum Gasteiger partial charge on any atom is -0.465 e. The molecule has 170 valence electrons. The van der Waals surface area contributed by atoms with Gasteiger partial charge in [0, 0.05) is 40.9 Å². The van der Waals surface area contributed by atoms with Crippen molar-refractivity contribution in [2.45, 2.75) is 13.0 Å². The standard InChI is InChI=1S/C26H24Cl2N2O3/c1-17-14-22(28)10-11-23(17)30-13-12-29(16-24(30)18-6-8-21(27)9-7-18)25(31)19-4-3-5-20(15-19)26(32)33-2/h3-11,14-15,24H,12-13,16H2,1-2H3. The molecule has 0 saturated carbocycles. The molecule has 1 heterocycles. The molecule has 0 aromatic heterocycles. The smallest absolute Gasteiger partial charge is 0.337 e. The van der Waals surface area contributed by atoms with E-state index in [9.17, 15) is 9.59 Å². The van der Waals surface area contributed by atoms with Crippen LogP contribution in [0.4, 0.5) is 5.69 Å². The van der Waals surface area contributed by atoms with Gasteiger partial charge >= 0.3 is 5.97 Å². The Hall–Kier alpha value is -3.02. The van der Waals surface area contributed by atoms with E-state index >= 15 is 0 Å². The van der Waals surface area contributed by atoms with E-state index in [1.807, 2.05) is 54.3 Å². The molecular formula is C26H24Cl2N2O3. The molecule has 5 nitrogen and oxygen atoms in total. The van der Waals surface area contributed by atoms with Crippen LogP contribution in [0.2, 0.25) is 10.0 Å². The number of carbonyl (C=O) groups excluding carboxylic acids is 2. The number of ether oxygens (including phenoxy) is 1. The largest absolute Gasteiger partial charge is 0.465 e. The first-order chi connectivity index (χ1) is 15.9. The topological polar surface area (TPSA) is 49.9 Å². The Morgan fingerprint density at radius 3 is 2.30 bits per heavy atom. The van der Waals surface area contributed by atoms with Crippen LogP contribution in [0, 0.1) is 6.92 Å². The number of nitrogens with zero attached hydrogens (tertiary/aromatic N) is 2. The fourth-order valence-electron chi connectivity index (χ4n) is 4.25. The highest BCUT2D eigenvalue weighted by Gasteiger charge is 2.32. The Balaban J connectivity index is 1.65. The van der Waals surface area contributed by atoms with Crippen LogP contribution in [0.15, 0.2) is 66.7 Å². The zero-order valence-corrected chi connectivity index (χ0v) is 19.9. The lowest BCUT2D eigenvalue weighted by molar-refractivity contribution is 0.0600. The zero-order valence-electron chi connectivity index (χ0n) is 18.4. The number of esters is 1. The first-order valence-electron chi connectivity index (χ1n) is 10.6. The number of rotatable bonds is 4. The summed E-state index contributed by atoms with van der Waals surface area (Å²) in [5.74, 6) is -0.584. The van der Waals surface area contributed by atoms with Crippen molar-refractivity contribution in [2.75, 3.05) is 31.6 Å². The molecule has 1 unspecified atom stereocenters. The zero-order chi connectivity index (χ0) is 23.5. The SMILES string of the molecule is COC(=O)c1cccc(C(=O)N2CCN(c3ccc(Cl)cc3C)C(c3ccc(Cl)cc3)C2)c1. The third kappa shape index (κ3) is 5.00. The third-order valence-electron chi connectivity index (χ3n) is 5.92. The van der Waals surface area contributed by atoms with Crippen molar-refractivity contribution in [3.63, 3.8) is 0 Å². The maximum absolute atomic E-state index is 13.4. The molecule has 0 aliphatic carbocycles. The van der Waals surface area contributed by atoms with Crippen molar-refractivity contribution in [1.29, 1.82) is 0 Å². The van der Waals surface area contributed by atoms with Gasteiger partial charge in [-0.15, -0.1) is 0 Å². The number of amides is 1. The first kappa shape index (κ1) is 23.1. The summed E-state index contributed by atoms with van der Waals surface area (Å²) in [5.41, 5.74) is 4.04.